The van der Waals surface area contributed by atoms with E-state index < -0.39 is 0 Å². The highest BCUT2D eigenvalue weighted by atomic mass is 35.5. The van der Waals surface area contributed by atoms with Crippen molar-refractivity contribution in [2.45, 2.75) is 6.42 Å². The third-order valence-electron chi connectivity index (χ3n) is 1.00. The van der Waals surface area contributed by atoms with Crippen molar-refractivity contribution in [1.82, 2.24) is 0 Å². The molecular weight excluding hydrogens is 186 g/mol. The first kappa shape index (κ1) is 7.98. The molecule has 0 unspecified atom stereocenters. The Morgan fingerprint density at radius 1 is 1.80 bits per heavy atom. The lowest BCUT2D eigenvalue weighted by molar-refractivity contribution is 1.37. The minimum absolute atomic E-state index is 0.509. The van der Waals surface area contributed by atoms with Crippen molar-refractivity contribution in [2.24, 2.45) is 5.73 Å². The first-order valence-corrected chi connectivity index (χ1v) is 4.36. The van der Waals surface area contributed by atoms with Crippen LogP contribution in [0.3, 0.4) is 0 Å². The molecule has 0 radical (unpaired) electrons. The molecule has 1 aromatic rings. The predicted octanol–water partition coefficient (Wildman–Crippen LogP) is 2.23. The Kier molecular flexibility index (Phi) is 2.65. The average molecular weight is 192 g/mol. The predicted molar refractivity (Wildman–Crippen MR) is 49.8 cm³/mol. The summed E-state index contributed by atoms with van der Waals surface area (Å²) < 4.78 is 0.784. The maximum Gasteiger partial charge on any atom is 0.0931 e. The summed E-state index contributed by atoms with van der Waals surface area (Å²) in [6, 6.07) is 1.88. The van der Waals surface area contributed by atoms with Crippen molar-refractivity contribution < 1.29 is 0 Å². The lowest BCUT2D eigenvalue weighted by atomic mass is 10.2. The lowest BCUT2D eigenvalue weighted by Gasteiger charge is -1.90. The molecule has 54 valence electrons. The van der Waals surface area contributed by atoms with Crippen LogP contribution in [0.1, 0.15) is 5.56 Å². The Bertz CT molecular complexity index is 244. The van der Waals surface area contributed by atoms with Gasteiger partial charge in [0.15, 0.2) is 0 Å². The van der Waals surface area contributed by atoms with Crippen LogP contribution in [0.15, 0.2) is 11.4 Å². The van der Waals surface area contributed by atoms with Gasteiger partial charge >= 0.3 is 0 Å². The van der Waals surface area contributed by atoms with Gasteiger partial charge in [-0.1, -0.05) is 23.8 Å². The van der Waals surface area contributed by atoms with Gasteiger partial charge in [0.25, 0.3) is 0 Å². The Balaban J connectivity index is 2.67. The fourth-order valence-electron chi connectivity index (χ4n) is 0.640. The largest absolute Gasteiger partial charge is 0.393 e. The summed E-state index contributed by atoms with van der Waals surface area (Å²) in [7, 11) is 0. The summed E-state index contributed by atoms with van der Waals surface area (Å²) >= 11 is 11.9. The van der Waals surface area contributed by atoms with Gasteiger partial charge in [0.05, 0.1) is 9.32 Å². The van der Waals surface area contributed by atoms with Crippen molar-refractivity contribution in [3.63, 3.8) is 0 Å². The standard InChI is InChI=1S/C6H6ClNS2/c7-5-1-4(3-10-5)2-6(8)9/h1,3H,2H2,(H2,8,9). The summed E-state index contributed by atoms with van der Waals surface area (Å²) in [5.41, 5.74) is 6.43. The number of nitrogens with two attached hydrogens (primary N) is 1. The number of hydrogen-bond donors (Lipinski definition) is 1. The molecule has 1 rings (SSSR count). The summed E-state index contributed by atoms with van der Waals surface area (Å²) in [6.07, 6.45) is 0.651. The highest BCUT2D eigenvalue weighted by Crippen LogP contribution is 2.19. The molecule has 2 N–H and O–H groups in total. The van der Waals surface area contributed by atoms with E-state index in [1.165, 1.54) is 11.3 Å². The molecule has 0 amide bonds. The van der Waals surface area contributed by atoms with Crippen molar-refractivity contribution in [2.75, 3.05) is 0 Å². The molecule has 10 heavy (non-hydrogen) atoms. The van der Waals surface area contributed by atoms with Crippen LogP contribution >= 0.6 is 35.2 Å². The third kappa shape index (κ3) is 2.25. The molecule has 0 aliphatic rings. The third-order valence-corrected chi connectivity index (χ3v) is 2.28. The van der Waals surface area contributed by atoms with Gasteiger partial charge in [0.1, 0.15) is 0 Å². The van der Waals surface area contributed by atoms with Crippen LogP contribution in [0.4, 0.5) is 0 Å². The van der Waals surface area contributed by atoms with Gasteiger partial charge in [0.2, 0.25) is 0 Å². The highest BCUT2D eigenvalue weighted by molar-refractivity contribution is 7.80. The average Bonchev–Trinajstić information content (AvgIpc) is 2.13. The molecule has 1 aromatic heterocycles. The fourth-order valence-corrected chi connectivity index (χ4v) is 1.71. The van der Waals surface area contributed by atoms with E-state index in [1.807, 2.05) is 11.4 Å². The van der Waals surface area contributed by atoms with Crippen LogP contribution in [-0.4, -0.2) is 4.99 Å². The fraction of sp³-hybridized carbons (Fsp3) is 0.167. The summed E-state index contributed by atoms with van der Waals surface area (Å²) in [5.74, 6) is 0. The van der Waals surface area contributed by atoms with E-state index in [4.69, 9.17) is 29.6 Å². The number of hydrogen-bond acceptors (Lipinski definition) is 2. The number of rotatable bonds is 2. The second-order valence-corrected chi connectivity index (χ2v) is 3.97. The molecule has 1 heterocycles. The molecule has 0 saturated carbocycles. The molecule has 0 spiro atoms. The first-order valence-electron chi connectivity index (χ1n) is 2.69. The van der Waals surface area contributed by atoms with E-state index in [0.717, 1.165) is 9.90 Å². The van der Waals surface area contributed by atoms with Crippen LogP contribution in [0, 0.1) is 0 Å². The minimum Gasteiger partial charge on any atom is -0.393 e. The van der Waals surface area contributed by atoms with E-state index in [0.29, 0.717) is 11.4 Å². The SMILES string of the molecule is NC(=S)Cc1csc(Cl)c1. The maximum atomic E-state index is 5.68. The van der Waals surface area contributed by atoms with Gasteiger partial charge in [-0.15, -0.1) is 11.3 Å². The van der Waals surface area contributed by atoms with Gasteiger partial charge in [-0.2, -0.15) is 0 Å². The number of thiocarbonyl (C=S) groups is 1. The zero-order chi connectivity index (χ0) is 7.56. The van der Waals surface area contributed by atoms with Crippen LogP contribution < -0.4 is 5.73 Å². The first-order chi connectivity index (χ1) is 4.68. The Morgan fingerprint density at radius 3 is 2.90 bits per heavy atom. The van der Waals surface area contributed by atoms with Gasteiger partial charge in [-0.3, -0.25) is 0 Å². The molecule has 0 atom stereocenters. The summed E-state index contributed by atoms with van der Waals surface area (Å²) in [4.78, 5) is 0.509. The molecular formula is C6H6ClNS2. The Hall–Kier alpha value is -0.120. The molecule has 4 heteroatoms. The van der Waals surface area contributed by atoms with Gasteiger partial charge in [-0.05, 0) is 17.0 Å². The van der Waals surface area contributed by atoms with E-state index in [-0.39, 0.29) is 0 Å². The second kappa shape index (κ2) is 3.32. The molecule has 0 aromatic carbocycles. The molecule has 0 fully saturated rings. The Labute approximate surface area is 73.8 Å². The highest BCUT2D eigenvalue weighted by Gasteiger charge is 1.97. The van der Waals surface area contributed by atoms with Crippen molar-refractivity contribution in [3.8, 4) is 0 Å². The molecule has 1 nitrogen and oxygen atoms in total. The van der Waals surface area contributed by atoms with Crippen LogP contribution in [0.2, 0.25) is 4.34 Å². The topological polar surface area (TPSA) is 26.0 Å². The van der Waals surface area contributed by atoms with E-state index in [1.54, 1.807) is 0 Å². The van der Waals surface area contributed by atoms with Gasteiger partial charge in [0, 0.05) is 6.42 Å². The molecule has 0 aliphatic heterocycles. The smallest absolute Gasteiger partial charge is 0.0931 e. The normalized spacial score (nSPS) is 9.70. The molecule has 0 saturated heterocycles. The van der Waals surface area contributed by atoms with Crippen molar-refractivity contribution >= 4 is 40.1 Å². The van der Waals surface area contributed by atoms with E-state index >= 15 is 0 Å². The lowest BCUT2D eigenvalue weighted by Crippen LogP contribution is -2.10. The number of thiophene rings is 1. The minimum atomic E-state index is 0.509. The Morgan fingerprint density at radius 2 is 2.50 bits per heavy atom. The van der Waals surface area contributed by atoms with Crippen molar-refractivity contribution in [1.29, 1.82) is 0 Å². The summed E-state index contributed by atoms with van der Waals surface area (Å²) in [6.45, 7) is 0. The quantitative estimate of drug-likeness (QED) is 0.726. The van der Waals surface area contributed by atoms with E-state index in [2.05, 4.69) is 0 Å². The zero-order valence-electron chi connectivity index (χ0n) is 5.13. The maximum absolute atomic E-state index is 5.68. The van der Waals surface area contributed by atoms with E-state index in [9.17, 15) is 0 Å². The van der Waals surface area contributed by atoms with Crippen molar-refractivity contribution in [3.05, 3.63) is 21.3 Å². The zero-order valence-corrected chi connectivity index (χ0v) is 7.52. The number of halogens is 1. The second-order valence-electron chi connectivity index (χ2n) is 1.90. The van der Waals surface area contributed by atoms with Crippen LogP contribution in [0.5, 0.6) is 0 Å². The molecule has 0 aliphatic carbocycles. The summed E-state index contributed by atoms with van der Waals surface area (Å²) in [5, 5.41) is 1.96. The van der Waals surface area contributed by atoms with Gasteiger partial charge in [-0.25, -0.2) is 0 Å². The van der Waals surface area contributed by atoms with Crippen LogP contribution in [-0.2, 0) is 6.42 Å². The van der Waals surface area contributed by atoms with Gasteiger partial charge < -0.3 is 5.73 Å². The molecule has 0 bridgehead atoms. The monoisotopic (exact) mass is 191 g/mol. The van der Waals surface area contributed by atoms with Crippen LogP contribution in [0.25, 0.3) is 0 Å².